The van der Waals surface area contributed by atoms with Crippen LogP contribution in [0.4, 0.5) is 5.69 Å². The summed E-state index contributed by atoms with van der Waals surface area (Å²) in [5.74, 6) is -0.354. The molecular formula is C10H16N2O3. The summed E-state index contributed by atoms with van der Waals surface area (Å²) in [5.41, 5.74) is -0.0145. The van der Waals surface area contributed by atoms with Crippen molar-refractivity contribution in [3.8, 4) is 5.75 Å². The maximum Gasteiger partial charge on any atom is 0.249 e. The summed E-state index contributed by atoms with van der Waals surface area (Å²) in [6, 6.07) is 0. The van der Waals surface area contributed by atoms with E-state index in [9.17, 15) is 9.90 Å². The van der Waals surface area contributed by atoms with Gasteiger partial charge in [0, 0.05) is 13.6 Å². The molecule has 0 amide bonds. The zero-order valence-corrected chi connectivity index (χ0v) is 8.99. The second-order valence-corrected chi connectivity index (χ2v) is 3.35. The van der Waals surface area contributed by atoms with E-state index in [1.165, 1.54) is 6.26 Å². The van der Waals surface area contributed by atoms with Crippen LogP contribution in [0, 0.1) is 0 Å². The van der Waals surface area contributed by atoms with Crippen molar-refractivity contribution >= 4 is 5.69 Å². The smallest absolute Gasteiger partial charge is 0.249 e. The van der Waals surface area contributed by atoms with Crippen molar-refractivity contribution in [3.05, 3.63) is 22.7 Å². The van der Waals surface area contributed by atoms with E-state index in [0.717, 1.165) is 25.8 Å². The molecule has 0 atom stereocenters. The highest BCUT2D eigenvalue weighted by Crippen LogP contribution is 2.10. The molecule has 0 saturated carbocycles. The van der Waals surface area contributed by atoms with E-state index in [0.29, 0.717) is 5.69 Å². The Morgan fingerprint density at radius 3 is 2.93 bits per heavy atom. The summed E-state index contributed by atoms with van der Waals surface area (Å²) in [6.45, 7) is 1.61. The van der Waals surface area contributed by atoms with E-state index in [4.69, 9.17) is 4.42 Å². The highest BCUT2D eigenvalue weighted by atomic mass is 16.3. The largest absolute Gasteiger partial charge is 0.502 e. The molecule has 84 valence electrons. The van der Waals surface area contributed by atoms with Gasteiger partial charge in [0.25, 0.3) is 0 Å². The Hall–Kier alpha value is -1.49. The molecule has 15 heavy (non-hydrogen) atoms. The van der Waals surface area contributed by atoms with Crippen molar-refractivity contribution in [1.82, 2.24) is 5.32 Å². The second-order valence-electron chi connectivity index (χ2n) is 3.35. The molecule has 0 aliphatic heterocycles. The monoisotopic (exact) mass is 212 g/mol. The van der Waals surface area contributed by atoms with Gasteiger partial charge in [0.2, 0.25) is 11.2 Å². The van der Waals surface area contributed by atoms with Crippen LogP contribution in [0.15, 0.2) is 21.7 Å². The van der Waals surface area contributed by atoms with E-state index in [2.05, 4.69) is 5.32 Å². The molecule has 0 saturated heterocycles. The quantitative estimate of drug-likeness (QED) is 0.691. The van der Waals surface area contributed by atoms with Crippen LogP contribution in [0.1, 0.15) is 6.42 Å². The van der Waals surface area contributed by atoms with Gasteiger partial charge in [0.15, 0.2) is 0 Å². The molecule has 0 unspecified atom stereocenters. The van der Waals surface area contributed by atoms with Crippen molar-refractivity contribution in [2.24, 2.45) is 0 Å². The van der Waals surface area contributed by atoms with Gasteiger partial charge in [-0.2, -0.15) is 0 Å². The number of nitrogens with one attached hydrogen (secondary N) is 1. The van der Waals surface area contributed by atoms with E-state index in [1.807, 2.05) is 7.05 Å². The fourth-order valence-corrected chi connectivity index (χ4v) is 1.28. The third-order valence-corrected chi connectivity index (χ3v) is 2.16. The summed E-state index contributed by atoms with van der Waals surface area (Å²) < 4.78 is 4.84. The van der Waals surface area contributed by atoms with Crippen molar-refractivity contribution in [1.29, 1.82) is 0 Å². The number of hydrogen-bond donors (Lipinski definition) is 2. The molecule has 1 heterocycles. The van der Waals surface area contributed by atoms with Gasteiger partial charge >= 0.3 is 0 Å². The first-order valence-electron chi connectivity index (χ1n) is 4.82. The number of anilines is 1. The van der Waals surface area contributed by atoms with Crippen LogP contribution < -0.4 is 15.6 Å². The van der Waals surface area contributed by atoms with Gasteiger partial charge in [-0.1, -0.05) is 0 Å². The first kappa shape index (κ1) is 11.6. The Morgan fingerprint density at radius 2 is 2.27 bits per heavy atom. The van der Waals surface area contributed by atoms with Gasteiger partial charge in [0.1, 0.15) is 18.2 Å². The SMILES string of the molecule is CNCCCN(C)c1cocc(O)c1=O. The van der Waals surface area contributed by atoms with Gasteiger partial charge < -0.3 is 19.7 Å². The van der Waals surface area contributed by atoms with Crippen LogP contribution >= 0.6 is 0 Å². The Labute approximate surface area is 88.3 Å². The van der Waals surface area contributed by atoms with Crippen LogP contribution in [0.25, 0.3) is 0 Å². The molecule has 1 rings (SSSR count). The third-order valence-electron chi connectivity index (χ3n) is 2.16. The zero-order valence-electron chi connectivity index (χ0n) is 8.99. The average Bonchev–Trinajstić information content (AvgIpc) is 2.22. The normalized spacial score (nSPS) is 10.3. The van der Waals surface area contributed by atoms with Crippen LogP contribution in [-0.2, 0) is 0 Å². The molecule has 5 heteroatoms. The van der Waals surface area contributed by atoms with Crippen LogP contribution in [0.2, 0.25) is 0 Å². The average molecular weight is 212 g/mol. The highest BCUT2D eigenvalue weighted by Gasteiger charge is 2.09. The molecule has 1 aromatic heterocycles. The lowest BCUT2D eigenvalue weighted by Crippen LogP contribution is -2.26. The molecule has 2 N–H and O–H groups in total. The van der Waals surface area contributed by atoms with Crippen molar-refractivity contribution < 1.29 is 9.52 Å². The summed E-state index contributed by atoms with van der Waals surface area (Å²) in [7, 11) is 3.67. The molecule has 0 radical (unpaired) electrons. The van der Waals surface area contributed by atoms with Gasteiger partial charge in [-0.15, -0.1) is 0 Å². The summed E-state index contributed by atoms with van der Waals surface area (Å²) >= 11 is 0. The number of nitrogens with zero attached hydrogens (tertiary/aromatic N) is 1. The minimum atomic E-state index is -0.395. The van der Waals surface area contributed by atoms with E-state index >= 15 is 0 Å². The molecule has 0 aromatic carbocycles. The predicted octanol–water partition coefficient (Wildman–Crippen LogP) is 0.391. The summed E-state index contributed by atoms with van der Waals surface area (Å²) in [4.78, 5) is 13.2. The highest BCUT2D eigenvalue weighted by molar-refractivity contribution is 5.45. The lowest BCUT2D eigenvalue weighted by Gasteiger charge is -2.17. The first-order valence-corrected chi connectivity index (χ1v) is 4.82. The Kier molecular flexibility index (Phi) is 4.17. The molecule has 1 aromatic rings. The van der Waals surface area contributed by atoms with Gasteiger partial charge in [-0.3, -0.25) is 4.79 Å². The Bertz CT molecular complexity index is 362. The molecule has 0 bridgehead atoms. The standard InChI is InChI=1S/C10H16N2O3/c1-11-4-3-5-12(2)8-6-15-7-9(13)10(8)14/h6-7,11,13H,3-5H2,1-2H3. The fraction of sp³-hybridized carbons (Fsp3) is 0.500. The van der Waals surface area contributed by atoms with E-state index in [1.54, 1.807) is 11.9 Å². The topological polar surface area (TPSA) is 65.7 Å². The van der Waals surface area contributed by atoms with Gasteiger partial charge in [0.05, 0.1) is 0 Å². The van der Waals surface area contributed by atoms with Crippen molar-refractivity contribution in [2.45, 2.75) is 6.42 Å². The summed E-state index contributed by atoms with van der Waals surface area (Å²) in [5, 5.41) is 12.2. The minimum Gasteiger partial charge on any atom is -0.502 e. The Morgan fingerprint density at radius 1 is 1.53 bits per heavy atom. The lowest BCUT2D eigenvalue weighted by molar-refractivity contribution is 0.429. The maximum absolute atomic E-state index is 11.5. The number of hydrogen-bond acceptors (Lipinski definition) is 5. The van der Waals surface area contributed by atoms with E-state index < -0.39 is 5.43 Å². The fourth-order valence-electron chi connectivity index (χ4n) is 1.28. The summed E-state index contributed by atoms with van der Waals surface area (Å²) in [6.07, 6.45) is 3.30. The molecular weight excluding hydrogens is 196 g/mol. The molecule has 0 aliphatic carbocycles. The Balaban J connectivity index is 2.69. The number of aromatic hydroxyl groups is 1. The lowest BCUT2D eigenvalue weighted by atomic mass is 10.3. The second kappa shape index (κ2) is 5.41. The third kappa shape index (κ3) is 2.99. The molecule has 5 nitrogen and oxygen atoms in total. The molecule has 0 aliphatic rings. The maximum atomic E-state index is 11.5. The first-order chi connectivity index (χ1) is 7.16. The van der Waals surface area contributed by atoms with Crippen LogP contribution in [0.3, 0.4) is 0 Å². The van der Waals surface area contributed by atoms with Crippen LogP contribution in [-0.4, -0.2) is 32.3 Å². The van der Waals surface area contributed by atoms with Crippen molar-refractivity contribution in [3.63, 3.8) is 0 Å². The van der Waals surface area contributed by atoms with Crippen LogP contribution in [0.5, 0.6) is 5.75 Å². The molecule has 0 fully saturated rings. The van der Waals surface area contributed by atoms with Gasteiger partial charge in [-0.05, 0) is 20.0 Å². The number of rotatable bonds is 5. The molecule has 0 spiro atoms. The van der Waals surface area contributed by atoms with Crippen molar-refractivity contribution in [2.75, 3.05) is 32.1 Å². The minimum absolute atomic E-state index is 0.354. The van der Waals surface area contributed by atoms with E-state index in [-0.39, 0.29) is 5.75 Å². The van der Waals surface area contributed by atoms with Gasteiger partial charge in [-0.25, -0.2) is 0 Å². The zero-order chi connectivity index (χ0) is 11.3. The predicted molar refractivity (Wildman–Crippen MR) is 58.5 cm³/mol.